The minimum atomic E-state index is -4.20. The summed E-state index contributed by atoms with van der Waals surface area (Å²) in [6, 6.07) is 12.8. The third-order valence-corrected chi connectivity index (χ3v) is 6.52. The molecule has 3 rings (SSSR count). The van der Waals surface area contributed by atoms with Crippen LogP contribution >= 0.6 is 0 Å². The smallest absolute Gasteiger partial charge is 0.325 e. The molecule has 10 nitrogen and oxygen atoms in total. The fourth-order valence-electron chi connectivity index (χ4n) is 3.21. The molecule has 2 N–H and O–H groups in total. The van der Waals surface area contributed by atoms with Gasteiger partial charge in [-0.25, -0.2) is 13.1 Å². The standard InChI is InChI=1S/C22H24N4O6S/c1-14-10-11-17(12-18(14)21(28)23-13-19(27)32-4)33(30,31)24-20-15(2)25(3)26(22(20)29)16-8-6-5-7-9-16/h5-12,24H,13H2,1-4H3,(H,23,28). The van der Waals surface area contributed by atoms with Crippen LogP contribution < -0.4 is 15.6 Å². The lowest BCUT2D eigenvalue weighted by Crippen LogP contribution is -2.30. The van der Waals surface area contributed by atoms with Gasteiger partial charge in [0.1, 0.15) is 12.2 Å². The van der Waals surface area contributed by atoms with E-state index in [1.54, 1.807) is 49.8 Å². The van der Waals surface area contributed by atoms with Crippen LogP contribution in [0, 0.1) is 13.8 Å². The van der Waals surface area contributed by atoms with E-state index in [9.17, 15) is 22.8 Å². The van der Waals surface area contributed by atoms with E-state index in [1.807, 2.05) is 6.07 Å². The van der Waals surface area contributed by atoms with Gasteiger partial charge in [-0.05, 0) is 43.7 Å². The number of ether oxygens (including phenoxy) is 1. The van der Waals surface area contributed by atoms with Crippen molar-refractivity contribution < 1.29 is 22.7 Å². The lowest BCUT2D eigenvalue weighted by atomic mass is 10.1. The molecule has 1 heterocycles. The highest BCUT2D eigenvalue weighted by Gasteiger charge is 2.24. The van der Waals surface area contributed by atoms with Crippen LogP contribution in [0.5, 0.6) is 0 Å². The van der Waals surface area contributed by atoms with E-state index in [-0.39, 0.29) is 22.7 Å². The number of rotatable bonds is 7. The SMILES string of the molecule is COC(=O)CNC(=O)c1cc(S(=O)(=O)Nc2c(C)n(C)n(-c3ccccc3)c2=O)ccc1C. The summed E-state index contributed by atoms with van der Waals surface area (Å²) in [6.45, 7) is 2.91. The summed E-state index contributed by atoms with van der Waals surface area (Å²) in [5, 5.41) is 2.38. The van der Waals surface area contributed by atoms with E-state index in [0.717, 1.165) is 0 Å². The molecule has 1 amide bonds. The summed E-state index contributed by atoms with van der Waals surface area (Å²) in [4.78, 5) is 36.6. The Bertz CT molecular complexity index is 1370. The van der Waals surface area contributed by atoms with E-state index in [4.69, 9.17) is 0 Å². The molecule has 0 radical (unpaired) electrons. The zero-order chi connectivity index (χ0) is 24.3. The van der Waals surface area contributed by atoms with Crippen molar-refractivity contribution >= 4 is 27.6 Å². The summed E-state index contributed by atoms with van der Waals surface area (Å²) in [5.74, 6) is -1.27. The summed E-state index contributed by atoms with van der Waals surface area (Å²) >= 11 is 0. The molecule has 0 fully saturated rings. The highest BCUT2D eigenvalue weighted by Crippen LogP contribution is 2.21. The molecule has 0 unspecified atom stereocenters. The average molecular weight is 473 g/mol. The number of esters is 1. The van der Waals surface area contributed by atoms with E-state index in [0.29, 0.717) is 16.9 Å². The Morgan fingerprint density at radius 3 is 2.36 bits per heavy atom. The van der Waals surface area contributed by atoms with Crippen LogP contribution in [0.4, 0.5) is 5.69 Å². The number of para-hydroxylation sites is 1. The monoisotopic (exact) mass is 472 g/mol. The quantitative estimate of drug-likeness (QED) is 0.502. The van der Waals surface area contributed by atoms with Gasteiger partial charge in [0.2, 0.25) is 0 Å². The molecule has 0 spiro atoms. The number of hydrogen-bond donors (Lipinski definition) is 2. The van der Waals surface area contributed by atoms with Crippen LogP contribution in [-0.4, -0.2) is 43.3 Å². The highest BCUT2D eigenvalue weighted by molar-refractivity contribution is 7.92. The molecule has 174 valence electrons. The number of methoxy groups -OCH3 is 1. The normalized spacial score (nSPS) is 11.2. The number of nitrogens with one attached hydrogen (secondary N) is 2. The minimum absolute atomic E-state index is 0.0771. The van der Waals surface area contributed by atoms with Gasteiger partial charge < -0.3 is 10.1 Å². The number of nitrogens with zero attached hydrogens (tertiary/aromatic N) is 2. The topological polar surface area (TPSA) is 128 Å². The molecule has 11 heteroatoms. The van der Waals surface area contributed by atoms with E-state index < -0.39 is 27.5 Å². The first-order chi connectivity index (χ1) is 15.6. The first-order valence-electron chi connectivity index (χ1n) is 9.89. The predicted octanol–water partition coefficient (Wildman–Crippen LogP) is 1.50. The second kappa shape index (κ2) is 9.33. The fraction of sp³-hybridized carbons (Fsp3) is 0.227. The van der Waals surface area contributed by atoms with E-state index in [1.165, 1.54) is 30.0 Å². The average Bonchev–Trinajstić information content (AvgIpc) is 3.00. The van der Waals surface area contributed by atoms with Gasteiger partial charge in [-0.15, -0.1) is 0 Å². The molecular weight excluding hydrogens is 448 g/mol. The van der Waals surface area contributed by atoms with Gasteiger partial charge in [-0.3, -0.25) is 23.8 Å². The van der Waals surface area contributed by atoms with Crippen molar-refractivity contribution in [2.24, 2.45) is 7.05 Å². The third kappa shape index (κ3) is 4.82. The van der Waals surface area contributed by atoms with Crippen molar-refractivity contribution in [1.29, 1.82) is 0 Å². The molecule has 0 saturated heterocycles. The zero-order valence-electron chi connectivity index (χ0n) is 18.6. The number of carbonyl (C=O) groups is 2. The number of hydrogen-bond acceptors (Lipinski definition) is 6. The molecule has 0 aliphatic rings. The molecule has 2 aromatic carbocycles. The largest absolute Gasteiger partial charge is 0.468 e. The number of amides is 1. The molecule has 0 saturated carbocycles. The number of sulfonamides is 1. The van der Waals surface area contributed by atoms with E-state index >= 15 is 0 Å². The summed E-state index contributed by atoms with van der Waals surface area (Å²) in [7, 11) is -1.36. The van der Waals surface area contributed by atoms with Gasteiger partial charge in [-0.1, -0.05) is 24.3 Å². The zero-order valence-corrected chi connectivity index (χ0v) is 19.4. The Hall–Kier alpha value is -3.86. The van der Waals surface area contributed by atoms with Crippen LogP contribution in [0.15, 0.2) is 58.2 Å². The predicted molar refractivity (Wildman–Crippen MR) is 122 cm³/mol. The van der Waals surface area contributed by atoms with Crippen molar-refractivity contribution in [3.05, 3.63) is 75.7 Å². The van der Waals surface area contributed by atoms with Crippen LogP contribution in [0.3, 0.4) is 0 Å². The first kappa shape index (κ1) is 23.8. The molecule has 3 aromatic rings. The lowest BCUT2D eigenvalue weighted by molar-refractivity contribution is -0.139. The number of carbonyl (C=O) groups excluding carboxylic acids is 2. The number of aromatic nitrogens is 2. The van der Waals surface area contributed by atoms with Crippen LogP contribution in [0.2, 0.25) is 0 Å². The van der Waals surface area contributed by atoms with Crippen LogP contribution in [-0.2, 0) is 26.6 Å². The van der Waals surface area contributed by atoms with Crippen molar-refractivity contribution in [2.45, 2.75) is 18.7 Å². The molecule has 0 aliphatic heterocycles. The Morgan fingerprint density at radius 2 is 1.73 bits per heavy atom. The van der Waals surface area contributed by atoms with Crippen molar-refractivity contribution in [3.63, 3.8) is 0 Å². The molecule has 1 aromatic heterocycles. The maximum Gasteiger partial charge on any atom is 0.325 e. The molecule has 0 aliphatic carbocycles. The Labute approximate surface area is 190 Å². The second-order valence-corrected chi connectivity index (χ2v) is 8.96. The van der Waals surface area contributed by atoms with Gasteiger partial charge in [0, 0.05) is 12.6 Å². The second-order valence-electron chi connectivity index (χ2n) is 7.28. The maximum absolute atomic E-state index is 13.1. The highest BCUT2D eigenvalue weighted by atomic mass is 32.2. The summed E-state index contributed by atoms with van der Waals surface area (Å²) in [5.41, 5.74) is 0.951. The fourth-order valence-corrected chi connectivity index (χ4v) is 4.35. The van der Waals surface area contributed by atoms with Gasteiger partial charge in [-0.2, -0.15) is 0 Å². The molecule has 33 heavy (non-hydrogen) atoms. The maximum atomic E-state index is 13.1. The molecule has 0 bridgehead atoms. The van der Waals surface area contributed by atoms with E-state index in [2.05, 4.69) is 14.8 Å². The Balaban J connectivity index is 1.96. The lowest BCUT2D eigenvalue weighted by Gasteiger charge is -2.11. The van der Waals surface area contributed by atoms with Gasteiger partial charge in [0.15, 0.2) is 0 Å². The van der Waals surface area contributed by atoms with Crippen molar-refractivity contribution in [1.82, 2.24) is 14.7 Å². The third-order valence-electron chi connectivity index (χ3n) is 5.18. The molecule has 0 atom stereocenters. The van der Waals surface area contributed by atoms with Gasteiger partial charge >= 0.3 is 5.97 Å². The number of anilines is 1. The first-order valence-corrected chi connectivity index (χ1v) is 11.4. The van der Waals surface area contributed by atoms with Gasteiger partial charge in [0.05, 0.1) is 23.4 Å². The minimum Gasteiger partial charge on any atom is -0.468 e. The summed E-state index contributed by atoms with van der Waals surface area (Å²) < 4.78 is 35.9. The number of benzene rings is 2. The van der Waals surface area contributed by atoms with Crippen molar-refractivity contribution in [3.8, 4) is 5.69 Å². The Kier molecular flexibility index (Phi) is 6.73. The van der Waals surface area contributed by atoms with Crippen molar-refractivity contribution in [2.75, 3.05) is 18.4 Å². The van der Waals surface area contributed by atoms with Crippen LogP contribution in [0.1, 0.15) is 21.6 Å². The van der Waals surface area contributed by atoms with Gasteiger partial charge in [0.25, 0.3) is 21.5 Å². The number of aryl methyl sites for hydroxylation is 1. The Morgan fingerprint density at radius 1 is 1.06 bits per heavy atom. The van der Waals surface area contributed by atoms with Crippen LogP contribution in [0.25, 0.3) is 5.69 Å². The molecular formula is C22H24N4O6S. The summed E-state index contributed by atoms with van der Waals surface area (Å²) in [6.07, 6.45) is 0.